The largest absolute Gasteiger partial charge is 0.417 e. The van der Waals surface area contributed by atoms with Gasteiger partial charge in [-0.25, -0.2) is 17.2 Å². The molecular formula is C26H17F5N2O3S2. The van der Waals surface area contributed by atoms with Crippen LogP contribution in [0.15, 0.2) is 70.4 Å². The Hall–Kier alpha value is -3.82. The molecule has 2 aromatic heterocycles. The number of hydrogen-bond donors (Lipinski definition) is 0. The van der Waals surface area contributed by atoms with Crippen LogP contribution in [0.4, 0.5) is 22.0 Å². The van der Waals surface area contributed by atoms with E-state index in [4.69, 9.17) is 0 Å². The van der Waals surface area contributed by atoms with Gasteiger partial charge in [-0.15, -0.1) is 11.3 Å². The van der Waals surface area contributed by atoms with Crippen LogP contribution in [-0.2, 0) is 22.6 Å². The molecule has 0 aliphatic heterocycles. The minimum absolute atomic E-state index is 0.0814. The maximum Gasteiger partial charge on any atom is 0.417 e. The number of thiophene rings is 1. The zero-order valence-electron chi connectivity index (χ0n) is 19.5. The molecule has 2 heterocycles. The van der Waals surface area contributed by atoms with E-state index in [1.165, 1.54) is 31.2 Å². The molecular weight excluding hydrogens is 547 g/mol. The van der Waals surface area contributed by atoms with Crippen molar-refractivity contribution in [3.63, 3.8) is 0 Å². The summed E-state index contributed by atoms with van der Waals surface area (Å²) in [5, 5.41) is 9.33. The Morgan fingerprint density at radius 3 is 2.21 bits per heavy atom. The highest BCUT2D eigenvalue weighted by atomic mass is 32.2. The fourth-order valence-electron chi connectivity index (χ4n) is 3.78. The molecule has 0 aliphatic rings. The number of halogens is 5. The summed E-state index contributed by atoms with van der Waals surface area (Å²) in [6.45, 7) is 0.961. The highest BCUT2D eigenvalue weighted by Gasteiger charge is 2.37. The van der Waals surface area contributed by atoms with Crippen LogP contribution in [0, 0.1) is 23.0 Å². The molecule has 0 fully saturated rings. The van der Waals surface area contributed by atoms with Gasteiger partial charge in [0.15, 0.2) is 9.84 Å². The first-order chi connectivity index (χ1) is 17.9. The summed E-state index contributed by atoms with van der Waals surface area (Å²) in [6, 6.07) is 13.6. The van der Waals surface area contributed by atoms with Gasteiger partial charge >= 0.3 is 6.18 Å². The Morgan fingerprint density at radius 2 is 1.63 bits per heavy atom. The van der Waals surface area contributed by atoms with Crippen molar-refractivity contribution < 1.29 is 30.4 Å². The van der Waals surface area contributed by atoms with Gasteiger partial charge in [-0.2, -0.15) is 18.4 Å². The second-order valence-electron chi connectivity index (χ2n) is 8.15. The van der Waals surface area contributed by atoms with Gasteiger partial charge in [0.05, 0.1) is 33.3 Å². The molecule has 2 aromatic carbocycles. The van der Waals surface area contributed by atoms with Crippen LogP contribution in [0.25, 0.3) is 21.0 Å². The lowest BCUT2D eigenvalue weighted by Crippen LogP contribution is -2.28. The summed E-state index contributed by atoms with van der Waals surface area (Å²) in [6.07, 6.45) is -5.01. The Bertz CT molecular complexity index is 1730. The predicted molar refractivity (Wildman–Crippen MR) is 132 cm³/mol. The second-order valence-corrected chi connectivity index (χ2v) is 11.5. The Labute approximate surface area is 218 Å². The van der Waals surface area contributed by atoms with Crippen molar-refractivity contribution in [2.75, 3.05) is 5.75 Å². The van der Waals surface area contributed by atoms with Crippen molar-refractivity contribution in [3.05, 3.63) is 99.3 Å². The predicted octanol–water partition coefficient (Wildman–Crippen LogP) is 6.25. The third-order valence-electron chi connectivity index (χ3n) is 5.80. The maximum atomic E-state index is 14.4. The summed E-state index contributed by atoms with van der Waals surface area (Å²) in [5.74, 6) is -1.96. The summed E-state index contributed by atoms with van der Waals surface area (Å²) >= 11 is 1.02. The van der Waals surface area contributed by atoms with E-state index in [0.29, 0.717) is 22.6 Å². The molecule has 0 saturated carbocycles. The molecule has 5 nitrogen and oxygen atoms in total. The monoisotopic (exact) mass is 564 g/mol. The number of hydrogen-bond acceptors (Lipinski definition) is 5. The molecule has 12 heteroatoms. The number of benzene rings is 2. The van der Waals surface area contributed by atoms with E-state index >= 15 is 0 Å². The lowest BCUT2D eigenvalue weighted by Gasteiger charge is -2.17. The van der Waals surface area contributed by atoms with Gasteiger partial charge in [-0.05, 0) is 42.0 Å². The lowest BCUT2D eigenvalue weighted by molar-refractivity contribution is -0.137. The van der Waals surface area contributed by atoms with Crippen molar-refractivity contribution in [2.45, 2.75) is 24.5 Å². The molecule has 4 rings (SSSR count). The van der Waals surface area contributed by atoms with E-state index in [0.717, 1.165) is 28.0 Å². The Balaban J connectivity index is 1.87. The topological polar surface area (TPSA) is 79.9 Å². The molecule has 0 N–H and O–H groups in total. The molecule has 0 unspecified atom stereocenters. The zero-order chi connectivity index (χ0) is 27.8. The second kappa shape index (κ2) is 10.2. The van der Waals surface area contributed by atoms with Gasteiger partial charge in [-0.1, -0.05) is 25.1 Å². The summed E-state index contributed by atoms with van der Waals surface area (Å²) in [5.41, 5.74) is -3.65. The molecule has 196 valence electrons. The van der Waals surface area contributed by atoms with E-state index < -0.39 is 50.9 Å². The summed E-state index contributed by atoms with van der Waals surface area (Å²) < 4.78 is 94.0. The van der Waals surface area contributed by atoms with Gasteiger partial charge in [0, 0.05) is 16.5 Å². The Kier molecular flexibility index (Phi) is 7.27. The van der Waals surface area contributed by atoms with E-state index in [-0.39, 0.29) is 26.8 Å². The van der Waals surface area contributed by atoms with E-state index in [9.17, 15) is 40.4 Å². The lowest BCUT2D eigenvalue weighted by atomic mass is 10.1. The van der Waals surface area contributed by atoms with Crippen LogP contribution in [0.5, 0.6) is 0 Å². The number of rotatable bonds is 6. The maximum absolute atomic E-state index is 14.4. The van der Waals surface area contributed by atoms with Gasteiger partial charge in [-0.3, -0.25) is 4.79 Å². The van der Waals surface area contributed by atoms with Crippen LogP contribution in [0.3, 0.4) is 0 Å². The molecule has 0 spiro atoms. The SMILES string of the molecule is CCS(=O)(=O)c1ccc(-c2ccc(-c3cc(C(F)(F)F)c(C#N)c(=O)n3Cc3ccc(F)cc3F)s2)cc1. The third-order valence-corrected chi connectivity index (χ3v) is 8.70. The quantitative estimate of drug-likeness (QED) is 0.259. The van der Waals surface area contributed by atoms with Gasteiger partial charge in [0.2, 0.25) is 0 Å². The average Bonchev–Trinajstić information content (AvgIpc) is 3.36. The first-order valence-corrected chi connectivity index (χ1v) is 13.4. The molecule has 38 heavy (non-hydrogen) atoms. The molecule has 0 amide bonds. The van der Waals surface area contributed by atoms with Crippen molar-refractivity contribution in [1.29, 1.82) is 5.26 Å². The fourth-order valence-corrected chi connectivity index (χ4v) is 5.70. The van der Waals surface area contributed by atoms with Crippen molar-refractivity contribution in [3.8, 4) is 27.1 Å². The van der Waals surface area contributed by atoms with E-state index in [2.05, 4.69) is 0 Å². The highest BCUT2D eigenvalue weighted by molar-refractivity contribution is 7.91. The third kappa shape index (κ3) is 5.25. The number of alkyl halides is 3. The first-order valence-electron chi connectivity index (χ1n) is 11.0. The number of nitriles is 1. The van der Waals surface area contributed by atoms with Gasteiger partial charge in [0.25, 0.3) is 5.56 Å². The summed E-state index contributed by atoms with van der Waals surface area (Å²) in [7, 11) is -3.43. The van der Waals surface area contributed by atoms with Crippen LogP contribution < -0.4 is 5.56 Å². The average molecular weight is 565 g/mol. The van der Waals surface area contributed by atoms with E-state index in [1.54, 1.807) is 18.2 Å². The minimum atomic E-state index is -5.01. The van der Waals surface area contributed by atoms with Crippen molar-refractivity contribution in [1.82, 2.24) is 4.57 Å². The van der Waals surface area contributed by atoms with Crippen molar-refractivity contribution >= 4 is 21.2 Å². The zero-order valence-corrected chi connectivity index (χ0v) is 21.1. The van der Waals surface area contributed by atoms with Crippen LogP contribution in [-0.4, -0.2) is 18.7 Å². The summed E-state index contributed by atoms with van der Waals surface area (Å²) in [4.78, 5) is 14.0. The normalized spacial score (nSPS) is 11.9. The van der Waals surface area contributed by atoms with E-state index in [1.807, 2.05) is 0 Å². The van der Waals surface area contributed by atoms with Crippen molar-refractivity contribution in [2.24, 2.45) is 0 Å². The minimum Gasteiger partial charge on any atom is -0.302 e. The number of sulfone groups is 1. The number of aromatic nitrogens is 1. The highest BCUT2D eigenvalue weighted by Crippen LogP contribution is 2.38. The first kappa shape index (κ1) is 27.2. The van der Waals surface area contributed by atoms with Crippen LogP contribution in [0.1, 0.15) is 23.6 Å². The van der Waals surface area contributed by atoms with Crippen LogP contribution >= 0.6 is 11.3 Å². The smallest absolute Gasteiger partial charge is 0.302 e. The van der Waals surface area contributed by atoms with Gasteiger partial charge < -0.3 is 4.57 Å². The molecule has 0 bridgehead atoms. The molecule has 0 atom stereocenters. The van der Waals surface area contributed by atoms with Gasteiger partial charge in [0.1, 0.15) is 23.3 Å². The van der Waals surface area contributed by atoms with Crippen LogP contribution in [0.2, 0.25) is 0 Å². The number of pyridine rings is 1. The number of nitrogens with zero attached hydrogens (tertiary/aromatic N) is 2. The molecule has 0 aliphatic carbocycles. The molecule has 0 radical (unpaired) electrons. The fraction of sp³-hybridized carbons (Fsp3) is 0.154. The molecule has 0 saturated heterocycles. The Morgan fingerprint density at radius 1 is 0.974 bits per heavy atom. The standard InChI is InChI=1S/C26H17F5N2O3S2/c1-2-38(35,36)18-7-4-15(5-8-18)23-9-10-24(37-23)22-12-20(26(29,30)31)19(13-32)25(34)33(22)14-16-3-6-17(27)11-21(16)28/h3-12H,2,14H2,1H3. The molecule has 4 aromatic rings.